The summed E-state index contributed by atoms with van der Waals surface area (Å²) in [5.74, 6) is 1.87. The van der Waals surface area contributed by atoms with Crippen LogP contribution in [0, 0.1) is 22.7 Å². The van der Waals surface area contributed by atoms with Gasteiger partial charge in [-0.05, 0) is 68.6 Å². The maximum atomic E-state index is 6.14. The van der Waals surface area contributed by atoms with E-state index in [9.17, 15) is 0 Å². The first-order valence-corrected chi connectivity index (χ1v) is 6.94. The fraction of sp³-hybridized carbons (Fsp3) is 1.00. The third-order valence-corrected chi connectivity index (χ3v) is 5.65. The third kappa shape index (κ3) is 1.92. The zero-order valence-corrected chi connectivity index (χ0v) is 11.8. The fourth-order valence-corrected chi connectivity index (χ4v) is 4.64. The molecule has 94 valence electrons. The molecule has 1 nitrogen and oxygen atoms in total. The standard InChI is InChI=1S/C15H29N/c1-13(2,16)8-7-12-14(3,4)11-6-9-15(12,5)10-11/h11-12H,6-10,16H2,1-5H3. The highest BCUT2D eigenvalue weighted by Gasteiger charge is 2.58. The van der Waals surface area contributed by atoms with Crippen LogP contribution in [-0.2, 0) is 0 Å². The molecule has 16 heavy (non-hydrogen) atoms. The first-order chi connectivity index (χ1) is 7.15. The number of rotatable bonds is 3. The molecule has 3 unspecified atom stereocenters. The molecular weight excluding hydrogens is 194 g/mol. The summed E-state index contributed by atoms with van der Waals surface area (Å²) >= 11 is 0. The van der Waals surface area contributed by atoms with E-state index >= 15 is 0 Å². The molecule has 2 saturated carbocycles. The Morgan fingerprint density at radius 3 is 2.31 bits per heavy atom. The van der Waals surface area contributed by atoms with E-state index < -0.39 is 0 Å². The van der Waals surface area contributed by atoms with Crippen molar-refractivity contribution < 1.29 is 0 Å². The normalized spacial score (nSPS) is 41.6. The van der Waals surface area contributed by atoms with Crippen LogP contribution in [0.15, 0.2) is 0 Å². The Balaban J connectivity index is 2.08. The molecule has 3 atom stereocenters. The van der Waals surface area contributed by atoms with Crippen molar-refractivity contribution in [1.82, 2.24) is 0 Å². The van der Waals surface area contributed by atoms with E-state index in [1.807, 2.05) is 0 Å². The van der Waals surface area contributed by atoms with Crippen LogP contribution < -0.4 is 5.73 Å². The van der Waals surface area contributed by atoms with Gasteiger partial charge in [-0.2, -0.15) is 0 Å². The Labute approximate surface area is 101 Å². The molecule has 2 rings (SSSR count). The number of fused-ring (bicyclic) bond motifs is 2. The molecule has 0 spiro atoms. The molecule has 0 amide bonds. The SMILES string of the molecule is CC(C)(N)CCC1C2(C)CCC(C2)C1(C)C. The quantitative estimate of drug-likeness (QED) is 0.770. The average Bonchev–Trinajstić information content (AvgIpc) is 2.52. The zero-order valence-electron chi connectivity index (χ0n) is 11.8. The highest BCUT2D eigenvalue weighted by molar-refractivity contribution is 5.08. The van der Waals surface area contributed by atoms with E-state index in [-0.39, 0.29) is 5.54 Å². The van der Waals surface area contributed by atoms with Gasteiger partial charge in [-0.25, -0.2) is 0 Å². The second-order valence-corrected chi connectivity index (χ2v) is 7.99. The van der Waals surface area contributed by atoms with Gasteiger partial charge in [0, 0.05) is 5.54 Å². The van der Waals surface area contributed by atoms with Gasteiger partial charge in [-0.15, -0.1) is 0 Å². The molecule has 1 heteroatoms. The molecule has 0 aromatic heterocycles. The maximum Gasteiger partial charge on any atom is 0.00971 e. The largest absolute Gasteiger partial charge is 0.326 e. The highest BCUT2D eigenvalue weighted by atomic mass is 14.7. The zero-order chi connectivity index (χ0) is 12.2. The average molecular weight is 223 g/mol. The van der Waals surface area contributed by atoms with Crippen molar-refractivity contribution in [1.29, 1.82) is 0 Å². The third-order valence-electron chi connectivity index (χ3n) is 5.65. The van der Waals surface area contributed by atoms with Crippen LogP contribution in [0.5, 0.6) is 0 Å². The van der Waals surface area contributed by atoms with Gasteiger partial charge in [0.1, 0.15) is 0 Å². The lowest BCUT2D eigenvalue weighted by Gasteiger charge is -2.44. The lowest BCUT2D eigenvalue weighted by Crippen LogP contribution is -2.38. The minimum absolute atomic E-state index is 0.00821. The van der Waals surface area contributed by atoms with Gasteiger partial charge in [0.25, 0.3) is 0 Å². The van der Waals surface area contributed by atoms with Crippen LogP contribution in [0.25, 0.3) is 0 Å². The Hall–Kier alpha value is -0.0400. The molecule has 2 aliphatic carbocycles. The van der Waals surface area contributed by atoms with Crippen molar-refractivity contribution in [3.05, 3.63) is 0 Å². The number of hydrogen-bond acceptors (Lipinski definition) is 1. The molecule has 0 aromatic rings. The van der Waals surface area contributed by atoms with Crippen LogP contribution in [-0.4, -0.2) is 5.54 Å². The lowest BCUT2D eigenvalue weighted by atomic mass is 9.62. The Morgan fingerprint density at radius 2 is 1.88 bits per heavy atom. The molecule has 2 aliphatic rings. The molecular formula is C15H29N. The van der Waals surface area contributed by atoms with E-state index in [1.165, 1.54) is 32.1 Å². The van der Waals surface area contributed by atoms with Gasteiger partial charge in [-0.3, -0.25) is 0 Å². The van der Waals surface area contributed by atoms with E-state index in [1.54, 1.807) is 0 Å². The second-order valence-electron chi connectivity index (χ2n) is 7.99. The first-order valence-electron chi connectivity index (χ1n) is 6.94. The van der Waals surface area contributed by atoms with Gasteiger partial charge in [0.15, 0.2) is 0 Å². The van der Waals surface area contributed by atoms with E-state index in [2.05, 4.69) is 34.6 Å². The van der Waals surface area contributed by atoms with Gasteiger partial charge < -0.3 is 5.73 Å². The van der Waals surface area contributed by atoms with Gasteiger partial charge in [-0.1, -0.05) is 20.8 Å². The van der Waals surface area contributed by atoms with Gasteiger partial charge >= 0.3 is 0 Å². The maximum absolute atomic E-state index is 6.14. The Morgan fingerprint density at radius 1 is 1.25 bits per heavy atom. The summed E-state index contributed by atoms with van der Waals surface area (Å²) in [7, 11) is 0. The minimum Gasteiger partial charge on any atom is -0.326 e. The van der Waals surface area contributed by atoms with Crippen LogP contribution in [0.3, 0.4) is 0 Å². The van der Waals surface area contributed by atoms with Crippen molar-refractivity contribution in [3.8, 4) is 0 Å². The van der Waals surface area contributed by atoms with Crippen LogP contribution in [0.4, 0.5) is 0 Å². The second kappa shape index (κ2) is 3.48. The molecule has 0 aromatic carbocycles. The minimum atomic E-state index is 0.00821. The van der Waals surface area contributed by atoms with Crippen LogP contribution in [0.2, 0.25) is 0 Å². The van der Waals surface area contributed by atoms with Gasteiger partial charge in [0.05, 0.1) is 0 Å². The first kappa shape index (κ1) is 12.4. The molecule has 0 heterocycles. The van der Waals surface area contributed by atoms with E-state index in [0.29, 0.717) is 10.8 Å². The summed E-state index contributed by atoms with van der Waals surface area (Å²) in [5, 5.41) is 0. The van der Waals surface area contributed by atoms with Crippen molar-refractivity contribution in [2.45, 2.75) is 72.3 Å². The van der Waals surface area contributed by atoms with Crippen LogP contribution in [0.1, 0.15) is 66.7 Å². The van der Waals surface area contributed by atoms with Crippen molar-refractivity contribution >= 4 is 0 Å². The molecule has 2 bridgehead atoms. The topological polar surface area (TPSA) is 26.0 Å². The predicted octanol–water partition coefficient (Wildman–Crippen LogP) is 3.97. The number of hydrogen-bond donors (Lipinski definition) is 1. The van der Waals surface area contributed by atoms with Gasteiger partial charge in [0.2, 0.25) is 0 Å². The molecule has 2 fully saturated rings. The Kier molecular flexibility index (Phi) is 2.70. The molecule has 0 saturated heterocycles. The predicted molar refractivity (Wildman–Crippen MR) is 70.2 cm³/mol. The van der Waals surface area contributed by atoms with Crippen LogP contribution >= 0.6 is 0 Å². The monoisotopic (exact) mass is 223 g/mol. The summed E-state index contributed by atoms with van der Waals surface area (Å²) in [4.78, 5) is 0. The molecule has 0 aliphatic heterocycles. The van der Waals surface area contributed by atoms with Crippen molar-refractivity contribution in [2.24, 2.45) is 28.4 Å². The smallest absolute Gasteiger partial charge is 0.00971 e. The van der Waals surface area contributed by atoms with Crippen molar-refractivity contribution in [2.75, 3.05) is 0 Å². The van der Waals surface area contributed by atoms with Crippen molar-refractivity contribution in [3.63, 3.8) is 0 Å². The molecule has 2 N–H and O–H groups in total. The fourth-order valence-electron chi connectivity index (χ4n) is 4.64. The number of nitrogens with two attached hydrogens (primary N) is 1. The summed E-state index contributed by atoms with van der Waals surface area (Å²) in [6.07, 6.45) is 6.88. The molecule has 0 radical (unpaired) electrons. The summed E-state index contributed by atoms with van der Waals surface area (Å²) in [6.45, 7) is 11.8. The van der Waals surface area contributed by atoms with E-state index in [0.717, 1.165) is 11.8 Å². The lowest BCUT2D eigenvalue weighted by molar-refractivity contribution is 0.0611. The summed E-state index contributed by atoms with van der Waals surface area (Å²) in [5.41, 5.74) is 7.33. The Bertz CT molecular complexity index is 269. The van der Waals surface area contributed by atoms with E-state index in [4.69, 9.17) is 5.73 Å². The highest BCUT2D eigenvalue weighted by Crippen LogP contribution is 2.67. The summed E-state index contributed by atoms with van der Waals surface area (Å²) < 4.78 is 0. The summed E-state index contributed by atoms with van der Waals surface area (Å²) in [6, 6.07) is 0.